The summed E-state index contributed by atoms with van der Waals surface area (Å²) in [6.45, 7) is 3.05. The van der Waals surface area contributed by atoms with Gasteiger partial charge in [0.1, 0.15) is 0 Å². The number of aliphatic hydroxyl groups is 2. The van der Waals surface area contributed by atoms with Crippen molar-refractivity contribution in [1.82, 2.24) is 9.55 Å². The zero-order chi connectivity index (χ0) is 14.5. The van der Waals surface area contributed by atoms with Crippen LogP contribution in [0, 0.1) is 0 Å². The van der Waals surface area contributed by atoms with E-state index in [2.05, 4.69) is 4.98 Å². The number of ether oxygens (including phenoxy) is 1. The molecule has 7 heteroatoms. The highest BCUT2D eigenvalue weighted by molar-refractivity contribution is 4.85. The molecule has 1 aromatic heterocycles. The van der Waals surface area contributed by atoms with Crippen molar-refractivity contribution in [2.75, 3.05) is 13.2 Å². The molecule has 0 aliphatic carbocycles. The van der Waals surface area contributed by atoms with Crippen molar-refractivity contribution in [3.05, 3.63) is 33.1 Å². The fourth-order valence-corrected chi connectivity index (χ4v) is 1.80. The standard InChI is InChI=1S/C12H20N2O5/c1-3-12(4-2,8-16)19-10(7-15)14-6-5-9(17)13-11(14)18/h5-6,10,15-16H,3-4,7-8H2,1-2H3,(H,13,17,18)/t10-/m1/s1. The zero-order valence-electron chi connectivity index (χ0n) is 11.1. The molecule has 0 unspecified atom stereocenters. The van der Waals surface area contributed by atoms with Crippen LogP contribution in [0.1, 0.15) is 32.9 Å². The van der Waals surface area contributed by atoms with Crippen LogP contribution in [0.3, 0.4) is 0 Å². The lowest BCUT2D eigenvalue weighted by atomic mass is 9.98. The molecule has 0 radical (unpaired) electrons. The zero-order valence-corrected chi connectivity index (χ0v) is 11.1. The van der Waals surface area contributed by atoms with Crippen LogP contribution in [0.2, 0.25) is 0 Å². The summed E-state index contributed by atoms with van der Waals surface area (Å²) in [5.41, 5.74) is -1.99. The van der Waals surface area contributed by atoms with Crippen molar-refractivity contribution in [2.24, 2.45) is 0 Å². The number of hydrogen-bond donors (Lipinski definition) is 3. The van der Waals surface area contributed by atoms with Gasteiger partial charge in [0.25, 0.3) is 5.56 Å². The molecule has 1 atom stereocenters. The van der Waals surface area contributed by atoms with Gasteiger partial charge in [-0.15, -0.1) is 0 Å². The maximum atomic E-state index is 11.6. The average molecular weight is 272 g/mol. The average Bonchev–Trinajstić information content (AvgIpc) is 2.42. The van der Waals surface area contributed by atoms with Crippen molar-refractivity contribution in [3.8, 4) is 0 Å². The first-order chi connectivity index (χ1) is 9.01. The number of aromatic nitrogens is 2. The normalized spacial score (nSPS) is 13.5. The molecule has 1 aromatic rings. The molecule has 0 aromatic carbocycles. The number of hydrogen-bond acceptors (Lipinski definition) is 5. The predicted octanol–water partition coefficient (Wildman–Crippen LogP) is -0.405. The second kappa shape index (κ2) is 6.65. The van der Waals surface area contributed by atoms with E-state index >= 15 is 0 Å². The molecular formula is C12H20N2O5. The molecule has 1 heterocycles. The van der Waals surface area contributed by atoms with E-state index in [1.165, 1.54) is 12.3 Å². The summed E-state index contributed by atoms with van der Waals surface area (Å²) in [5, 5.41) is 18.8. The van der Waals surface area contributed by atoms with Gasteiger partial charge in [-0.2, -0.15) is 0 Å². The number of H-pyrrole nitrogens is 1. The highest BCUT2D eigenvalue weighted by atomic mass is 16.5. The summed E-state index contributed by atoms with van der Waals surface area (Å²) in [6.07, 6.45) is 1.38. The minimum Gasteiger partial charge on any atom is -0.393 e. The van der Waals surface area contributed by atoms with Crippen LogP contribution in [0.5, 0.6) is 0 Å². The maximum absolute atomic E-state index is 11.6. The molecule has 0 saturated heterocycles. The lowest BCUT2D eigenvalue weighted by Crippen LogP contribution is -2.42. The van der Waals surface area contributed by atoms with Gasteiger partial charge in [-0.3, -0.25) is 14.3 Å². The SMILES string of the molecule is CCC(CC)(CO)O[C@H](CO)n1ccc(=O)[nH]c1=O. The van der Waals surface area contributed by atoms with E-state index in [4.69, 9.17) is 4.74 Å². The Morgan fingerprint density at radius 1 is 1.37 bits per heavy atom. The second-order valence-corrected chi connectivity index (χ2v) is 4.32. The third kappa shape index (κ3) is 3.52. The molecule has 0 spiro atoms. The minimum absolute atomic E-state index is 0.214. The van der Waals surface area contributed by atoms with Gasteiger partial charge in [0.15, 0.2) is 6.23 Å². The highest BCUT2D eigenvalue weighted by Gasteiger charge is 2.30. The van der Waals surface area contributed by atoms with Crippen LogP contribution in [-0.2, 0) is 4.74 Å². The van der Waals surface area contributed by atoms with Crippen LogP contribution in [0.25, 0.3) is 0 Å². The summed E-state index contributed by atoms with van der Waals surface area (Å²) < 4.78 is 6.78. The molecular weight excluding hydrogens is 252 g/mol. The molecule has 19 heavy (non-hydrogen) atoms. The van der Waals surface area contributed by atoms with Gasteiger partial charge in [0.05, 0.1) is 18.8 Å². The number of aliphatic hydroxyl groups excluding tert-OH is 2. The van der Waals surface area contributed by atoms with Crippen molar-refractivity contribution >= 4 is 0 Å². The molecule has 108 valence electrons. The fourth-order valence-electron chi connectivity index (χ4n) is 1.80. The van der Waals surface area contributed by atoms with Gasteiger partial charge in [0.2, 0.25) is 0 Å². The second-order valence-electron chi connectivity index (χ2n) is 4.32. The van der Waals surface area contributed by atoms with E-state index in [9.17, 15) is 19.8 Å². The molecule has 0 bridgehead atoms. The smallest absolute Gasteiger partial charge is 0.330 e. The Balaban J connectivity index is 3.07. The van der Waals surface area contributed by atoms with Gasteiger partial charge < -0.3 is 14.9 Å². The van der Waals surface area contributed by atoms with E-state index < -0.39 is 29.7 Å². The number of nitrogens with zero attached hydrogens (tertiary/aromatic N) is 1. The highest BCUT2D eigenvalue weighted by Crippen LogP contribution is 2.25. The summed E-state index contributed by atoms with van der Waals surface area (Å²) in [7, 11) is 0. The monoisotopic (exact) mass is 272 g/mol. The third-order valence-electron chi connectivity index (χ3n) is 3.28. The topological polar surface area (TPSA) is 105 Å². The molecule has 3 N–H and O–H groups in total. The van der Waals surface area contributed by atoms with Crippen molar-refractivity contribution in [1.29, 1.82) is 0 Å². The van der Waals surface area contributed by atoms with Crippen LogP contribution in [0.4, 0.5) is 0 Å². The Morgan fingerprint density at radius 3 is 2.42 bits per heavy atom. The molecule has 0 amide bonds. The van der Waals surface area contributed by atoms with Crippen LogP contribution in [0.15, 0.2) is 21.9 Å². The van der Waals surface area contributed by atoms with Gasteiger partial charge >= 0.3 is 5.69 Å². The Bertz CT molecular complexity index is 495. The first-order valence-electron chi connectivity index (χ1n) is 6.23. The van der Waals surface area contributed by atoms with Crippen LogP contribution in [-0.4, -0.2) is 38.6 Å². The Hall–Kier alpha value is -1.44. The van der Waals surface area contributed by atoms with Crippen molar-refractivity contribution in [3.63, 3.8) is 0 Å². The van der Waals surface area contributed by atoms with Crippen molar-refractivity contribution < 1.29 is 14.9 Å². The van der Waals surface area contributed by atoms with Gasteiger partial charge in [-0.05, 0) is 12.8 Å². The summed E-state index contributed by atoms with van der Waals surface area (Å²) in [4.78, 5) is 24.7. The number of aromatic amines is 1. The summed E-state index contributed by atoms with van der Waals surface area (Å²) in [6, 6.07) is 1.17. The largest absolute Gasteiger partial charge is 0.393 e. The van der Waals surface area contributed by atoms with E-state index in [0.29, 0.717) is 12.8 Å². The molecule has 7 nitrogen and oxygen atoms in total. The molecule has 0 aliphatic rings. The maximum Gasteiger partial charge on any atom is 0.330 e. The molecule has 0 fully saturated rings. The van der Waals surface area contributed by atoms with Crippen molar-refractivity contribution in [2.45, 2.75) is 38.5 Å². The molecule has 1 rings (SSSR count). The first kappa shape index (κ1) is 15.6. The number of rotatable bonds is 7. The van der Waals surface area contributed by atoms with Gasteiger partial charge in [-0.1, -0.05) is 13.8 Å². The molecule has 0 aliphatic heterocycles. The number of nitrogens with one attached hydrogen (secondary N) is 1. The van der Waals surface area contributed by atoms with E-state index in [0.717, 1.165) is 4.57 Å². The predicted molar refractivity (Wildman–Crippen MR) is 68.9 cm³/mol. The molecule has 0 saturated carbocycles. The van der Waals surface area contributed by atoms with E-state index in [-0.39, 0.29) is 6.61 Å². The Kier molecular flexibility index (Phi) is 5.46. The Labute approximate surface area is 110 Å². The first-order valence-corrected chi connectivity index (χ1v) is 6.23. The van der Waals surface area contributed by atoms with Crippen LogP contribution < -0.4 is 11.2 Å². The summed E-state index contributed by atoms with van der Waals surface area (Å²) >= 11 is 0. The van der Waals surface area contributed by atoms with E-state index in [1.54, 1.807) is 0 Å². The summed E-state index contributed by atoms with van der Waals surface area (Å²) in [5.74, 6) is 0. The fraction of sp³-hybridized carbons (Fsp3) is 0.667. The van der Waals surface area contributed by atoms with E-state index in [1.807, 2.05) is 13.8 Å². The lowest BCUT2D eigenvalue weighted by Gasteiger charge is -2.34. The Morgan fingerprint density at radius 2 is 2.00 bits per heavy atom. The quantitative estimate of drug-likeness (QED) is 0.626. The van der Waals surface area contributed by atoms with Crippen LogP contribution >= 0.6 is 0 Å². The minimum atomic E-state index is -0.948. The third-order valence-corrected chi connectivity index (χ3v) is 3.28. The lowest BCUT2D eigenvalue weighted by molar-refractivity contribution is -0.165. The van der Waals surface area contributed by atoms with Gasteiger partial charge in [0, 0.05) is 12.3 Å². The van der Waals surface area contributed by atoms with Gasteiger partial charge in [-0.25, -0.2) is 4.79 Å².